The van der Waals surface area contributed by atoms with Crippen molar-refractivity contribution in [2.75, 3.05) is 26.0 Å². The van der Waals surface area contributed by atoms with E-state index in [2.05, 4.69) is 10.6 Å². The van der Waals surface area contributed by atoms with Gasteiger partial charge in [-0.15, -0.1) is 0 Å². The van der Waals surface area contributed by atoms with Gasteiger partial charge in [-0.2, -0.15) is 0 Å². The van der Waals surface area contributed by atoms with Crippen LogP contribution < -0.4 is 10.6 Å². The van der Waals surface area contributed by atoms with E-state index in [1.165, 1.54) is 12.1 Å². The molecule has 2 aromatic carbocycles. The highest BCUT2D eigenvalue weighted by molar-refractivity contribution is 6.39. The van der Waals surface area contributed by atoms with Gasteiger partial charge >= 0.3 is 11.8 Å². The van der Waals surface area contributed by atoms with Gasteiger partial charge in [0.15, 0.2) is 0 Å². The third-order valence-corrected chi connectivity index (χ3v) is 4.07. The first-order valence-corrected chi connectivity index (χ1v) is 8.35. The zero-order valence-corrected chi connectivity index (χ0v) is 15.4. The highest BCUT2D eigenvalue weighted by Gasteiger charge is 2.22. The van der Waals surface area contributed by atoms with Gasteiger partial charge in [0.05, 0.1) is 11.0 Å². The quantitative estimate of drug-likeness (QED) is 0.461. The molecule has 2 N–H and O–H groups in total. The van der Waals surface area contributed by atoms with Crippen LogP contribution in [0.4, 0.5) is 11.4 Å². The number of nitrogens with one attached hydrogen (secondary N) is 2. The molecule has 0 aliphatic heterocycles. The number of nitro benzene ring substituents is 1. The number of nitro groups is 1. The van der Waals surface area contributed by atoms with Crippen molar-refractivity contribution < 1.29 is 14.5 Å². The fourth-order valence-electron chi connectivity index (χ4n) is 2.62. The predicted molar refractivity (Wildman–Crippen MR) is 102 cm³/mol. The summed E-state index contributed by atoms with van der Waals surface area (Å²) >= 11 is 0. The van der Waals surface area contributed by atoms with Crippen LogP contribution in [0.25, 0.3) is 0 Å². The monoisotopic (exact) mass is 370 g/mol. The molecule has 0 radical (unpaired) electrons. The normalized spacial score (nSPS) is 11.7. The largest absolute Gasteiger partial charge is 0.346 e. The van der Waals surface area contributed by atoms with Crippen molar-refractivity contribution in [1.82, 2.24) is 10.2 Å². The van der Waals surface area contributed by atoms with E-state index in [9.17, 15) is 19.7 Å². The lowest BCUT2D eigenvalue weighted by molar-refractivity contribution is -0.384. The Morgan fingerprint density at radius 1 is 1.11 bits per heavy atom. The van der Waals surface area contributed by atoms with Crippen LogP contribution in [0.5, 0.6) is 0 Å². The minimum absolute atomic E-state index is 0.0158. The van der Waals surface area contributed by atoms with Crippen molar-refractivity contribution in [2.45, 2.75) is 13.0 Å². The maximum Gasteiger partial charge on any atom is 0.313 e. The van der Waals surface area contributed by atoms with Crippen LogP contribution in [0, 0.1) is 17.0 Å². The first-order valence-electron chi connectivity index (χ1n) is 8.35. The molecule has 0 aliphatic rings. The second-order valence-electron chi connectivity index (χ2n) is 6.33. The molecule has 1 unspecified atom stereocenters. The summed E-state index contributed by atoms with van der Waals surface area (Å²) in [6.45, 7) is 1.93. The molecule has 0 saturated carbocycles. The summed E-state index contributed by atoms with van der Waals surface area (Å²) in [6, 6.07) is 13.8. The minimum Gasteiger partial charge on any atom is -0.346 e. The summed E-state index contributed by atoms with van der Waals surface area (Å²) in [7, 11) is 3.75. The van der Waals surface area contributed by atoms with E-state index in [1.807, 2.05) is 49.3 Å². The molecule has 0 heterocycles. The molecular weight excluding hydrogens is 348 g/mol. The molecule has 8 nitrogen and oxygen atoms in total. The number of nitrogens with zero attached hydrogens (tertiary/aromatic N) is 2. The maximum absolute atomic E-state index is 12.1. The van der Waals surface area contributed by atoms with Gasteiger partial charge in [0.25, 0.3) is 5.69 Å². The average Bonchev–Trinajstić information content (AvgIpc) is 2.63. The van der Waals surface area contributed by atoms with Crippen molar-refractivity contribution in [1.29, 1.82) is 0 Å². The highest BCUT2D eigenvalue weighted by atomic mass is 16.6. The lowest BCUT2D eigenvalue weighted by Crippen LogP contribution is -2.40. The van der Waals surface area contributed by atoms with E-state index in [1.54, 1.807) is 13.0 Å². The topological polar surface area (TPSA) is 105 Å². The van der Waals surface area contributed by atoms with Crippen LogP contribution in [0.15, 0.2) is 48.5 Å². The van der Waals surface area contributed by atoms with Crippen molar-refractivity contribution >= 4 is 23.2 Å². The molecule has 0 saturated heterocycles. The fourth-order valence-corrected chi connectivity index (χ4v) is 2.62. The van der Waals surface area contributed by atoms with E-state index in [-0.39, 0.29) is 24.0 Å². The van der Waals surface area contributed by atoms with E-state index < -0.39 is 16.7 Å². The summed E-state index contributed by atoms with van der Waals surface area (Å²) < 4.78 is 0. The van der Waals surface area contributed by atoms with E-state index in [4.69, 9.17) is 0 Å². The summed E-state index contributed by atoms with van der Waals surface area (Å²) in [5.74, 6) is -1.81. The molecule has 1 atom stereocenters. The third-order valence-electron chi connectivity index (χ3n) is 4.07. The molecule has 0 bridgehead atoms. The smallest absolute Gasteiger partial charge is 0.313 e. The van der Waals surface area contributed by atoms with Gasteiger partial charge in [0, 0.05) is 12.6 Å². The standard InChI is InChI=1S/C19H22N4O4/c1-13-9-10-15(16(11-13)23(26)27)21-19(25)18(24)20-12-17(22(2)3)14-7-5-4-6-8-14/h4-11,17H,12H2,1-3H3,(H,20,24)(H,21,25). The van der Waals surface area contributed by atoms with Crippen LogP contribution in [0.3, 0.4) is 0 Å². The van der Waals surface area contributed by atoms with Gasteiger partial charge in [-0.05, 0) is 38.2 Å². The Balaban J connectivity index is 2.04. The van der Waals surface area contributed by atoms with E-state index in [0.29, 0.717) is 5.56 Å². The van der Waals surface area contributed by atoms with Crippen molar-refractivity contribution in [2.24, 2.45) is 0 Å². The van der Waals surface area contributed by atoms with Crippen molar-refractivity contribution in [3.8, 4) is 0 Å². The molecule has 2 rings (SSSR count). The summed E-state index contributed by atoms with van der Waals surface area (Å²) in [4.78, 5) is 36.7. The first kappa shape index (κ1) is 20.1. The number of anilines is 1. The van der Waals surface area contributed by atoms with E-state index >= 15 is 0 Å². The second-order valence-corrected chi connectivity index (χ2v) is 6.33. The molecular formula is C19H22N4O4. The summed E-state index contributed by atoms with van der Waals surface area (Å²) in [5, 5.41) is 16.0. The Kier molecular flexibility index (Phi) is 6.62. The zero-order valence-electron chi connectivity index (χ0n) is 15.4. The number of rotatable bonds is 6. The Morgan fingerprint density at radius 2 is 1.78 bits per heavy atom. The number of likely N-dealkylation sites (N-methyl/N-ethyl adjacent to an activating group) is 1. The van der Waals surface area contributed by atoms with Gasteiger partial charge in [0.2, 0.25) is 0 Å². The van der Waals surface area contributed by atoms with Crippen LogP contribution in [0.2, 0.25) is 0 Å². The summed E-state index contributed by atoms with van der Waals surface area (Å²) in [5.41, 5.74) is 1.41. The number of aryl methyl sites for hydroxylation is 1. The Hall–Kier alpha value is -3.26. The zero-order chi connectivity index (χ0) is 20.0. The number of carbonyl (C=O) groups is 2. The fraction of sp³-hybridized carbons (Fsp3) is 0.263. The molecule has 142 valence electrons. The number of hydrogen-bond acceptors (Lipinski definition) is 5. The number of hydrogen-bond donors (Lipinski definition) is 2. The Labute approximate surface area is 157 Å². The predicted octanol–water partition coefficient (Wildman–Crippen LogP) is 2.26. The molecule has 2 aromatic rings. The van der Waals surface area contributed by atoms with Crippen LogP contribution >= 0.6 is 0 Å². The van der Waals surface area contributed by atoms with Gasteiger partial charge in [0.1, 0.15) is 5.69 Å². The van der Waals surface area contributed by atoms with Gasteiger partial charge in [-0.3, -0.25) is 19.7 Å². The molecule has 0 aliphatic carbocycles. The Morgan fingerprint density at radius 3 is 2.37 bits per heavy atom. The van der Waals surface area contributed by atoms with Crippen molar-refractivity contribution in [3.63, 3.8) is 0 Å². The lowest BCUT2D eigenvalue weighted by Gasteiger charge is -2.25. The molecule has 0 spiro atoms. The number of amides is 2. The minimum atomic E-state index is -0.951. The van der Waals surface area contributed by atoms with E-state index in [0.717, 1.165) is 5.56 Å². The first-order chi connectivity index (χ1) is 12.8. The molecule has 2 amide bonds. The van der Waals surface area contributed by atoms with Crippen LogP contribution in [-0.2, 0) is 9.59 Å². The number of carbonyl (C=O) groups excluding carboxylic acids is 2. The van der Waals surface area contributed by atoms with Crippen LogP contribution in [0.1, 0.15) is 17.2 Å². The van der Waals surface area contributed by atoms with Gasteiger partial charge < -0.3 is 15.5 Å². The third kappa shape index (κ3) is 5.35. The molecule has 8 heteroatoms. The van der Waals surface area contributed by atoms with Gasteiger partial charge in [-0.1, -0.05) is 36.4 Å². The average molecular weight is 370 g/mol. The van der Waals surface area contributed by atoms with Gasteiger partial charge in [-0.25, -0.2) is 0 Å². The molecule has 27 heavy (non-hydrogen) atoms. The SMILES string of the molecule is Cc1ccc(NC(=O)C(=O)NCC(c2ccccc2)N(C)C)c([N+](=O)[O-])c1. The summed E-state index contributed by atoms with van der Waals surface area (Å²) in [6.07, 6.45) is 0. The Bertz CT molecular complexity index is 837. The molecule has 0 aromatic heterocycles. The highest BCUT2D eigenvalue weighted by Crippen LogP contribution is 2.25. The molecule has 0 fully saturated rings. The van der Waals surface area contributed by atoms with Crippen molar-refractivity contribution in [3.05, 3.63) is 69.8 Å². The number of benzene rings is 2. The van der Waals surface area contributed by atoms with Crippen LogP contribution in [-0.4, -0.2) is 42.3 Å². The second kappa shape index (κ2) is 8.91. The lowest BCUT2D eigenvalue weighted by atomic mass is 10.1. The maximum atomic E-state index is 12.1.